The van der Waals surface area contributed by atoms with Crippen LogP contribution in [0.2, 0.25) is 0 Å². The lowest BCUT2D eigenvalue weighted by Crippen LogP contribution is -2.23. The van der Waals surface area contributed by atoms with Gasteiger partial charge in [0, 0.05) is 23.4 Å². The van der Waals surface area contributed by atoms with Crippen molar-refractivity contribution in [1.29, 1.82) is 0 Å². The van der Waals surface area contributed by atoms with E-state index in [4.69, 9.17) is 0 Å². The Morgan fingerprint density at radius 2 is 1.76 bits per heavy atom. The van der Waals surface area contributed by atoms with Crippen LogP contribution in [-0.2, 0) is 0 Å². The van der Waals surface area contributed by atoms with E-state index < -0.39 is 4.92 Å². The van der Waals surface area contributed by atoms with E-state index in [0.29, 0.717) is 11.4 Å². The monoisotopic (exact) mass is 339 g/mol. The van der Waals surface area contributed by atoms with Crippen LogP contribution in [0.5, 0.6) is 0 Å². The van der Waals surface area contributed by atoms with Crippen molar-refractivity contribution in [2.45, 2.75) is 38.1 Å². The molecule has 6 heteroatoms. The Hall–Kier alpha value is -2.89. The van der Waals surface area contributed by atoms with E-state index in [0.717, 1.165) is 25.7 Å². The standard InChI is InChI=1S/C19H21N3O3/c23-19(21-16-9-5-2-6-10-16)14-11-12-17(18(13-14)22(24)25)20-15-7-3-1-4-8-15/h2,5-6,9-13,15,20H,1,3-4,7-8H2,(H,21,23). The van der Waals surface area contributed by atoms with E-state index >= 15 is 0 Å². The number of rotatable bonds is 5. The third kappa shape index (κ3) is 4.35. The Morgan fingerprint density at radius 1 is 1.04 bits per heavy atom. The number of carbonyl (C=O) groups excluding carboxylic acids is 1. The SMILES string of the molecule is O=C(Nc1ccccc1)c1ccc(NC2CCCCC2)c([N+](=O)[O-])c1. The molecule has 0 unspecified atom stereocenters. The molecular formula is C19H21N3O3. The first kappa shape index (κ1) is 17.0. The maximum absolute atomic E-state index is 12.3. The van der Waals surface area contributed by atoms with Gasteiger partial charge in [-0.05, 0) is 37.1 Å². The number of amides is 1. The number of nitrogens with one attached hydrogen (secondary N) is 2. The number of carbonyl (C=O) groups is 1. The van der Waals surface area contributed by atoms with Gasteiger partial charge in [0.15, 0.2) is 0 Å². The molecule has 0 bridgehead atoms. The van der Waals surface area contributed by atoms with Crippen molar-refractivity contribution in [2.75, 3.05) is 10.6 Å². The number of nitro groups is 1. The molecule has 2 aromatic carbocycles. The highest BCUT2D eigenvalue weighted by Gasteiger charge is 2.21. The van der Waals surface area contributed by atoms with Crippen molar-refractivity contribution < 1.29 is 9.72 Å². The predicted octanol–water partition coefficient (Wildman–Crippen LogP) is 4.59. The lowest BCUT2D eigenvalue weighted by molar-refractivity contribution is -0.384. The summed E-state index contributed by atoms with van der Waals surface area (Å²) < 4.78 is 0. The fourth-order valence-electron chi connectivity index (χ4n) is 3.14. The number of hydrogen-bond donors (Lipinski definition) is 2. The molecule has 0 saturated heterocycles. The summed E-state index contributed by atoms with van der Waals surface area (Å²) in [6.07, 6.45) is 5.55. The van der Waals surface area contributed by atoms with Crippen LogP contribution in [0.25, 0.3) is 0 Å². The Balaban J connectivity index is 1.78. The summed E-state index contributed by atoms with van der Waals surface area (Å²) in [5, 5.41) is 17.4. The van der Waals surface area contributed by atoms with Gasteiger partial charge in [-0.15, -0.1) is 0 Å². The number of benzene rings is 2. The molecule has 0 spiro atoms. The Labute approximate surface area is 146 Å². The van der Waals surface area contributed by atoms with Crippen molar-refractivity contribution in [2.24, 2.45) is 0 Å². The zero-order valence-corrected chi connectivity index (χ0v) is 13.9. The molecule has 1 aliphatic rings. The largest absolute Gasteiger partial charge is 0.377 e. The van der Waals surface area contributed by atoms with E-state index in [-0.39, 0.29) is 23.2 Å². The Bertz CT molecular complexity index is 756. The smallest absolute Gasteiger partial charge is 0.293 e. The Morgan fingerprint density at radius 3 is 2.44 bits per heavy atom. The van der Waals surface area contributed by atoms with Gasteiger partial charge in [0.2, 0.25) is 0 Å². The zero-order chi connectivity index (χ0) is 17.6. The summed E-state index contributed by atoms with van der Waals surface area (Å²) in [4.78, 5) is 23.3. The second-order valence-corrected chi connectivity index (χ2v) is 6.29. The number of anilines is 2. The summed E-state index contributed by atoms with van der Waals surface area (Å²) >= 11 is 0. The van der Waals surface area contributed by atoms with Gasteiger partial charge in [0.05, 0.1) is 4.92 Å². The molecule has 1 fully saturated rings. The molecule has 0 heterocycles. The van der Waals surface area contributed by atoms with E-state index in [9.17, 15) is 14.9 Å². The maximum atomic E-state index is 12.3. The molecule has 25 heavy (non-hydrogen) atoms. The van der Waals surface area contributed by atoms with Gasteiger partial charge in [-0.25, -0.2) is 0 Å². The van der Waals surface area contributed by atoms with Gasteiger partial charge in [0.25, 0.3) is 11.6 Å². The number of nitro benzene ring substituents is 1. The molecule has 130 valence electrons. The third-order valence-electron chi connectivity index (χ3n) is 4.45. The van der Waals surface area contributed by atoms with Crippen molar-refractivity contribution in [3.05, 3.63) is 64.2 Å². The highest BCUT2D eigenvalue weighted by atomic mass is 16.6. The fourth-order valence-corrected chi connectivity index (χ4v) is 3.14. The molecule has 6 nitrogen and oxygen atoms in total. The second kappa shape index (κ2) is 7.79. The molecule has 0 radical (unpaired) electrons. The van der Waals surface area contributed by atoms with Crippen LogP contribution >= 0.6 is 0 Å². The summed E-state index contributed by atoms with van der Waals surface area (Å²) in [7, 11) is 0. The summed E-state index contributed by atoms with van der Waals surface area (Å²) in [6.45, 7) is 0. The van der Waals surface area contributed by atoms with E-state index in [1.54, 1.807) is 24.3 Å². The first-order valence-electron chi connectivity index (χ1n) is 8.55. The van der Waals surface area contributed by atoms with Crippen LogP contribution in [0.15, 0.2) is 48.5 Å². The molecule has 2 N–H and O–H groups in total. The van der Waals surface area contributed by atoms with Crippen LogP contribution in [0, 0.1) is 10.1 Å². The molecule has 1 aliphatic carbocycles. The Kier molecular flexibility index (Phi) is 5.28. The number of nitrogens with zero attached hydrogens (tertiary/aromatic N) is 1. The minimum atomic E-state index is -0.440. The van der Waals surface area contributed by atoms with Gasteiger partial charge < -0.3 is 10.6 Å². The lowest BCUT2D eigenvalue weighted by atomic mass is 9.95. The second-order valence-electron chi connectivity index (χ2n) is 6.29. The zero-order valence-electron chi connectivity index (χ0n) is 13.9. The van der Waals surface area contributed by atoms with Crippen LogP contribution in [0.3, 0.4) is 0 Å². The molecule has 0 aromatic heterocycles. The van der Waals surface area contributed by atoms with E-state index in [1.165, 1.54) is 12.5 Å². The molecule has 0 aliphatic heterocycles. The highest BCUT2D eigenvalue weighted by molar-refractivity contribution is 6.05. The van der Waals surface area contributed by atoms with Crippen molar-refractivity contribution in [3.63, 3.8) is 0 Å². The highest BCUT2D eigenvalue weighted by Crippen LogP contribution is 2.29. The topological polar surface area (TPSA) is 84.3 Å². The van der Waals surface area contributed by atoms with E-state index in [1.807, 2.05) is 18.2 Å². The van der Waals surface area contributed by atoms with E-state index in [2.05, 4.69) is 10.6 Å². The molecule has 1 amide bonds. The molecule has 1 saturated carbocycles. The van der Waals surface area contributed by atoms with Gasteiger partial charge in [0.1, 0.15) is 5.69 Å². The van der Waals surface area contributed by atoms with Crippen molar-refractivity contribution in [3.8, 4) is 0 Å². The number of hydrogen-bond acceptors (Lipinski definition) is 4. The molecular weight excluding hydrogens is 318 g/mol. The minimum Gasteiger partial charge on any atom is -0.377 e. The first-order valence-corrected chi connectivity index (χ1v) is 8.55. The van der Waals surface area contributed by atoms with Crippen LogP contribution in [0.4, 0.5) is 17.1 Å². The van der Waals surface area contributed by atoms with Gasteiger partial charge in [-0.2, -0.15) is 0 Å². The minimum absolute atomic E-state index is 0.0636. The molecule has 0 atom stereocenters. The normalized spacial score (nSPS) is 14.7. The van der Waals surface area contributed by atoms with Crippen LogP contribution in [0.1, 0.15) is 42.5 Å². The predicted molar refractivity (Wildman–Crippen MR) is 98.0 cm³/mol. The van der Waals surface area contributed by atoms with Crippen LogP contribution in [-0.4, -0.2) is 16.9 Å². The van der Waals surface area contributed by atoms with Crippen LogP contribution < -0.4 is 10.6 Å². The van der Waals surface area contributed by atoms with Crippen molar-refractivity contribution in [1.82, 2.24) is 0 Å². The summed E-state index contributed by atoms with van der Waals surface area (Å²) in [5.74, 6) is -0.362. The van der Waals surface area contributed by atoms with Gasteiger partial charge >= 0.3 is 0 Å². The third-order valence-corrected chi connectivity index (χ3v) is 4.45. The average molecular weight is 339 g/mol. The lowest BCUT2D eigenvalue weighted by Gasteiger charge is -2.23. The fraction of sp³-hybridized carbons (Fsp3) is 0.316. The summed E-state index contributed by atoms with van der Waals surface area (Å²) in [5.41, 5.74) is 1.34. The average Bonchev–Trinajstić information content (AvgIpc) is 2.63. The molecule has 2 aromatic rings. The number of para-hydroxylation sites is 1. The maximum Gasteiger partial charge on any atom is 0.293 e. The summed E-state index contributed by atoms with van der Waals surface area (Å²) in [6, 6.07) is 13.9. The van der Waals surface area contributed by atoms with Gasteiger partial charge in [-0.3, -0.25) is 14.9 Å². The first-order chi connectivity index (χ1) is 12.1. The quantitative estimate of drug-likeness (QED) is 0.616. The van der Waals surface area contributed by atoms with Crippen molar-refractivity contribution >= 4 is 23.0 Å². The molecule has 3 rings (SSSR count). The van der Waals surface area contributed by atoms with Gasteiger partial charge in [-0.1, -0.05) is 37.5 Å².